The average Bonchev–Trinajstić information content (AvgIpc) is 2.61. The fraction of sp³-hybridized carbons (Fsp3) is 0.0625. The standard InChI is InChI=1S/C16H13ClN2O6S/c1-25-16(21)14(15(20)10-2-4-11(17)5-3-10)19-18-12-6-8-13(9-7-12)26(22,23)24/h2-9,18H,1H3,(H,22,23,24)/b19-14-. The third-order valence-corrected chi connectivity index (χ3v) is 4.27. The Morgan fingerprint density at radius 3 is 2.15 bits per heavy atom. The van der Waals surface area contributed by atoms with Crippen LogP contribution < -0.4 is 5.43 Å². The molecule has 0 unspecified atom stereocenters. The summed E-state index contributed by atoms with van der Waals surface area (Å²) in [6.45, 7) is 0. The molecule has 0 fully saturated rings. The Bertz CT molecular complexity index is 953. The molecule has 26 heavy (non-hydrogen) atoms. The van der Waals surface area contributed by atoms with Gasteiger partial charge in [0.1, 0.15) is 0 Å². The van der Waals surface area contributed by atoms with Crippen molar-refractivity contribution in [3.8, 4) is 0 Å². The Hall–Kier alpha value is -2.75. The molecule has 0 radical (unpaired) electrons. The number of halogens is 1. The fourth-order valence-electron chi connectivity index (χ4n) is 1.85. The van der Waals surface area contributed by atoms with Gasteiger partial charge in [-0.1, -0.05) is 11.6 Å². The zero-order valence-corrected chi connectivity index (χ0v) is 14.9. The minimum Gasteiger partial charge on any atom is -0.464 e. The molecule has 0 aliphatic carbocycles. The third-order valence-electron chi connectivity index (χ3n) is 3.15. The van der Waals surface area contributed by atoms with Crippen molar-refractivity contribution >= 4 is 44.9 Å². The minimum absolute atomic E-state index is 0.182. The molecule has 2 aromatic carbocycles. The highest BCUT2D eigenvalue weighted by Crippen LogP contribution is 2.14. The summed E-state index contributed by atoms with van der Waals surface area (Å²) in [5.41, 5.74) is 2.42. The summed E-state index contributed by atoms with van der Waals surface area (Å²) >= 11 is 5.77. The minimum atomic E-state index is -4.32. The first-order valence-corrected chi connectivity index (χ1v) is 8.84. The van der Waals surface area contributed by atoms with Crippen LogP contribution in [0.2, 0.25) is 5.02 Å². The molecule has 0 aliphatic heterocycles. The van der Waals surface area contributed by atoms with Crippen molar-refractivity contribution < 1.29 is 27.3 Å². The molecule has 136 valence electrons. The number of ether oxygens (including phenoxy) is 1. The van der Waals surface area contributed by atoms with E-state index in [-0.39, 0.29) is 16.1 Å². The van der Waals surface area contributed by atoms with Crippen LogP contribution in [0.5, 0.6) is 0 Å². The number of methoxy groups -OCH3 is 1. The normalized spacial score (nSPS) is 11.7. The van der Waals surface area contributed by atoms with Gasteiger partial charge in [0.25, 0.3) is 10.1 Å². The van der Waals surface area contributed by atoms with Gasteiger partial charge >= 0.3 is 5.97 Å². The SMILES string of the molecule is COC(=O)/C(=N\Nc1ccc(S(=O)(=O)O)cc1)C(=O)c1ccc(Cl)cc1. The number of rotatable bonds is 6. The smallest absolute Gasteiger partial charge is 0.362 e. The van der Waals surface area contributed by atoms with Gasteiger partial charge in [-0.25, -0.2) is 4.79 Å². The summed E-state index contributed by atoms with van der Waals surface area (Å²) < 4.78 is 35.5. The number of esters is 1. The topological polar surface area (TPSA) is 122 Å². The van der Waals surface area contributed by atoms with Gasteiger partial charge in [0, 0.05) is 10.6 Å². The molecule has 0 spiro atoms. The van der Waals surface area contributed by atoms with Gasteiger partial charge in [-0.05, 0) is 48.5 Å². The van der Waals surface area contributed by atoms with Crippen molar-refractivity contribution in [2.45, 2.75) is 4.90 Å². The Kier molecular flexibility index (Phi) is 6.09. The predicted molar refractivity (Wildman–Crippen MR) is 95.1 cm³/mol. The summed E-state index contributed by atoms with van der Waals surface area (Å²) in [4.78, 5) is 24.0. The van der Waals surface area contributed by atoms with Crippen LogP contribution in [0.3, 0.4) is 0 Å². The number of ketones is 1. The van der Waals surface area contributed by atoms with Crippen molar-refractivity contribution in [3.63, 3.8) is 0 Å². The lowest BCUT2D eigenvalue weighted by atomic mass is 10.1. The zero-order valence-electron chi connectivity index (χ0n) is 13.3. The first-order valence-electron chi connectivity index (χ1n) is 7.02. The number of nitrogens with zero attached hydrogens (tertiary/aromatic N) is 1. The number of hydrazone groups is 1. The third kappa shape index (κ3) is 4.88. The molecule has 0 atom stereocenters. The quantitative estimate of drug-likeness (QED) is 0.192. The number of benzene rings is 2. The number of carbonyl (C=O) groups excluding carboxylic acids is 2. The Morgan fingerprint density at radius 1 is 1.08 bits per heavy atom. The molecule has 8 nitrogen and oxygen atoms in total. The molecule has 0 amide bonds. The maximum atomic E-state index is 12.4. The van der Waals surface area contributed by atoms with Crippen LogP contribution in [-0.2, 0) is 19.6 Å². The molecule has 0 bridgehead atoms. The van der Waals surface area contributed by atoms with Crippen LogP contribution in [0, 0.1) is 0 Å². The van der Waals surface area contributed by atoms with Crippen LogP contribution in [0.15, 0.2) is 58.5 Å². The Morgan fingerprint density at radius 2 is 1.65 bits per heavy atom. The molecule has 2 rings (SSSR count). The van der Waals surface area contributed by atoms with Crippen LogP contribution in [-0.4, -0.2) is 37.5 Å². The van der Waals surface area contributed by atoms with E-state index in [0.717, 1.165) is 19.2 Å². The number of carbonyl (C=O) groups is 2. The van der Waals surface area contributed by atoms with E-state index >= 15 is 0 Å². The molecule has 10 heteroatoms. The first-order chi connectivity index (χ1) is 12.2. The molecule has 0 aromatic heterocycles. The second kappa shape index (κ2) is 8.09. The lowest BCUT2D eigenvalue weighted by molar-refractivity contribution is -0.132. The van der Waals surface area contributed by atoms with Gasteiger partial charge in [-0.15, -0.1) is 0 Å². The average molecular weight is 397 g/mol. The van der Waals surface area contributed by atoms with Crippen LogP contribution in [0.1, 0.15) is 10.4 Å². The molecule has 0 saturated carbocycles. The van der Waals surface area contributed by atoms with Gasteiger partial charge < -0.3 is 4.74 Å². The summed E-state index contributed by atoms with van der Waals surface area (Å²) in [6, 6.07) is 10.7. The molecule has 0 aliphatic rings. The number of anilines is 1. The van der Waals surface area contributed by atoms with Crippen LogP contribution in [0.4, 0.5) is 5.69 Å². The van der Waals surface area contributed by atoms with E-state index in [1.165, 1.54) is 36.4 Å². The monoisotopic (exact) mass is 396 g/mol. The molecule has 2 N–H and O–H groups in total. The first kappa shape index (κ1) is 19.6. The van der Waals surface area contributed by atoms with Gasteiger partial charge in [0.15, 0.2) is 0 Å². The highest BCUT2D eigenvalue weighted by Gasteiger charge is 2.23. The summed E-state index contributed by atoms with van der Waals surface area (Å²) in [6.07, 6.45) is 0. The molecular weight excluding hydrogens is 384 g/mol. The largest absolute Gasteiger partial charge is 0.464 e. The van der Waals surface area contributed by atoms with E-state index in [2.05, 4.69) is 15.3 Å². The molecule has 0 saturated heterocycles. The van der Waals surface area contributed by atoms with Gasteiger partial charge in [-0.2, -0.15) is 13.5 Å². The van der Waals surface area contributed by atoms with Crippen LogP contribution in [0.25, 0.3) is 0 Å². The predicted octanol–water partition coefficient (Wildman–Crippen LogP) is 2.41. The van der Waals surface area contributed by atoms with E-state index < -0.39 is 27.6 Å². The maximum absolute atomic E-state index is 12.4. The lowest BCUT2D eigenvalue weighted by Crippen LogP contribution is -2.26. The van der Waals surface area contributed by atoms with E-state index in [9.17, 15) is 18.0 Å². The van der Waals surface area contributed by atoms with Crippen molar-refractivity contribution in [2.75, 3.05) is 12.5 Å². The summed E-state index contributed by atoms with van der Waals surface area (Å²) in [7, 11) is -3.22. The van der Waals surface area contributed by atoms with Crippen molar-refractivity contribution in [1.82, 2.24) is 0 Å². The van der Waals surface area contributed by atoms with Crippen LogP contribution >= 0.6 is 11.6 Å². The maximum Gasteiger partial charge on any atom is 0.362 e. The molecule has 0 heterocycles. The highest BCUT2D eigenvalue weighted by atomic mass is 35.5. The fourth-order valence-corrected chi connectivity index (χ4v) is 2.45. The second-order valence-corrected chi connectivity index (χ2v) is 6.76. The molecule has 2 aromatic rings. The zero-order chi connectivity index (χ0) is 19.3. The van der Waals surface area contributed by atoms with Gasteiger partial charge in [0.05, 0.1) is 17.7 Å². The van der Waals surface area contributed by atoms with E-state index in [0.29, 0.717) is 5.02 Å². The lowest BCUT2D eigenvalue weighted by Gasteiger charge is -2.06. The van der Waals surface area contributed by atoms with Gasteiger partial charge in [-0.3, -0.25) is 14.8 Å². The summed E-state index contributed by atoms with van der Waals surface area (Å²) in [5, 5.41) is 4.18. The summed E-state index contributed by atoms with van der Waals surface area (Å²) in [5.74, 6) is -1.64. The van der Waals surface area contributed by atoms with Crippen molar-refractivity contribution in [1.29, 1.82) is 0 Å². The molecular formula is C16H13ClN2O6S. The Labute approximate surface area is 154 Å². The number of hydrogen-bond acceptors (Lipinski definition) is 7. The van der Waals surface area contributed by atoms with E-state index in [4.69, 9.17) is 16.2 Å². The van der Waals surface area contributed by atoms with Crippen molar-refractivity contribution in [3.05, 3.63) is 59.1 Å². The van der Waals surface area contributed by atoms with Crippen molar-refractivity contribution in [2.24, 2.45) is 5.10 Å². The second-order valence-electron chi connectivity index (χ2n) is 4.90. The number of nitrogens with one attached hydrogen (secondary N) is 1. The highest BCUT2D eigenvalue weighted by molar-refractivity contribution is 7.85. The van der Waals surface area contributed by atoms with Gasteiger partial charge in [0.2, 0.25) is 11.5 Å². The Balaban J connectivity index is 2.28. The number of Topliss-reactive ketones (excluding diaryl/α,β-unsaturated/α-hetero) is 1. The van der Waals surface area contributed by atoms with E-state index in [1.54, 1.807) is 0 Å². The number of hydrogen-bond donors (Lipinski definition) is 2. The van der Waals surface area contributed by atoms with E-state index in [1.807, 2.05) is 0 Å².